The fraction of sp³-hybridized carbons (Fsp3) is 0.258. The Bertz CT molecular complexity index is 1610. The summed E-state index contributed by atoms with van der Waals surface area (Å²) in [5.41, 5.74) is 3.81. The molecule has 0 saturated carbocycles. The van der Waals surface area contributed by atoms with Gasteiger partial charge in [0.1, 0.15) is 11.5 Å². The van der Waals surface area contributed by atoms with Crippen molar-refractivity contribution >= 4 is 34.4 Å². The van der Waals surface area contributed by atoms with Gasteiger partial charge in [0.2, 0.25) is 0 Å². The molecule has 1 aromatic heterocycles. The first kappa shape index (κ1) is 29.5. The fourth-order valence-corrected chi connectivity index (χ4v) is 6.29. The van der Waals surface area contributed by atoms with E-state index in [0.29, 0.717) is 48.4 Å². The first-order chi connectivity index (χ1) is 20.6. The summed E-state index contributed by atoms with van der Waals surface area (Å²) in [5, 5.41) is 19.2. The van der Waals surface area contributed by atoms with Crippen LogP contribution in [0.2, 0.25) is 5.02 Å². The SMILES string of the molecule is CCC[I-]c1nc2n(n1)N=C(c1ccccc1Cl)C2=Nc1ccc(N(CCC#N)CCOc2ccc(OC)cc2)cc1. The van der Waals surface area contributed by atoms with Crippen LogP contribution in [0.5, 0.6) is 11.5 Å². The molecule has 0 aliphatic carbocycles. The number of halogens is 2. The van der Waals surface area contributed by atoms with Crippen molar-refractivity contribution in [2.24, 2.45) is 10.1 Å². The van der Waals surface area contributed by atoms with E-state index in [1.807, 2.05) is 72.8 Å². The number of anilines is 1. The normalized spacial score (nSPS) is 13.1. The van der Waals surface area contributed by atoms with Crippen LogP contribution >= 0.6 is 11.6 Å². The number of aliphatic imine (C=N–C) groups is 1. The van der Waals surface area contributed by atoms with Gasteiger partial charge < -0.3 is 9.47 Å². The Kier molecular flexibility index (Phi) is 10.0. The number of methoxy groups -OCH3 is 1. The van der Waals surface area contributed by atoms with Gasteiger partial charge >= 0.3 is 198 Å². The Morgan fingerprint density at radius 2 is 1.79 bits per heavy atom. The molecule has 9 nitrogen and oxygen atoms in total. The third-order valence-electron chi connectivity index (χ3n) is 6.37. The zero-order valence-electron chi connectivity index (χ0n) is 23.4. The number of nitriles is 1. The summed E-state index contributed by atoms with van der Waals surface area (Å²) >= 11 is 6.27. The predicted molar refractivity (Wildman–Crippen MR) is 161 cm³/mol. The molecule has 0 N–H and O–H groups in total. The topological polar surface area (TPSA) is 101 Å². The average molecular weight is 695 g/mol. The van der Waals surface area contributed by atoms with Crippen LogP contribution in [0.15, 0.2) is 82.9 Å². The average Bonchev–Trinajstić information content (AvgIpc) is 3.57. The van der Waals surface area contributed by atoms with Crippen molar-refractivity contribution in [3.63, 3.8) is 0 Å². The van der Waals surface area contributed by atoms with Crippen molar-refractivity contribution in [2.45, 2.75) is 19.8 Å². The van der Waals surface area contributed by atoms with Crippen LogP contribution < -0.4 is 35.6 Å². The number of fused-ring (bicyclic) bond motifs is 1. The maximum atomic E-state index is 9.22. The Morgan fingerprint density at radius 3 is 2.50 bits per heavy atom. The van der Waals surface area contributed by atoms with Crippen LogP contribution in [0.3, 0.4) is 0 Å². The number of aromatic nitrogens is 3. The van der Waals surface area contributed by atoms with Crippen molar-refractivity contribution in [2.75, 3.05) is 36.1 Å². The molecule has 0 bridgehead atoms. The first-order valence-corrected chi connectivity index (χ1v) is 16.6. The quantitative estimate of drug-likeness (QED) is 0.158. The summed E-state index contributed by atoms with van der Waals surface area (Å²) in [4.78, 5) is 13.5. The second-order valence-corrected chi connectivity index (χ2v) is 12.5. The van der Waals surface area contributed by atoms with Crippen molar-refractivity contribution in [3.05, 3.63) is 93.0 Å². The minimum atomic E-state index is -0.276. The minimum absolute atomic E-state index is 0.276. The summed E-state index contributed by atoms with van der Waals surface area (Å²) < 4.78 is 13.1. The standard InChI is InChI=1S/C31H30ClIN7O2/c1-3-17-33-31-36-30-29(28(37-40(30)38-31)26-7-4-5-8-27(26)32)35-22-9-11-23(12-10-22)39(19-6-18-34)20-21-42-25-15-13-24(41-2)14-16-25/h4-5,7-16H,3,6,17,19-21H2,1-2H3/q-1. The number of benzene rings is 3. The number of nitrogens with zero attached hydrogens (tertiary/aromatic N) is 7. The van der Waals surface area contributed by atoms with Gasteiger partial charge in [0.05, 0.1) is 13.2 Å². The Morgan fingerprint density at radius 1 is 1.02 bits per heavy atom. The molecular weight excluding hydrogens is 665 g/mol. The molecule has 216 valence electrons. The molecule has 0 amide bonds. The molecule has 0 fully saturated rings. The van der Waals surface area contributed by atoms with Crippen LogP contribution in [0, 0.1) is 15.2 Å². The Labute approximate surface area is 260 Å². The van der Waals surface area contributed by atoms with E-state index < -0.39 is 0 Å². The van der Waals surface area contributed by atoms with E-state index in [1.54, 1.807) is 11.9 Å². The van der Waals surface area contributed by atoms with Crippen molar-refractivity contribution in [1.82, 2.24) is 14.9 Å². The van der Waals surface area contributed by atoms with Gasteiger partial charge in [-0.05, 0) is 24.3 Å². The van der Waals surface area contributed by atoms with E-state index in [-0.39, 0.29) is 21.2 Å². The molecule has 0 radical (unpaired) electrons. The first-order valence-electron chi connectivity index (χ1n) is 13.6. The number of rotatable bonds is 13. The molecule has 5 rings (SSSR count). The molecule has 0 spiro atoms. The Hall–Kier alpha value is -3.95. The zero-order chi connectivity index (χ0) is 29.3. The van der Waals surface area contributed by atoms with E-state index >= 15 is 0 Å². The van der Waals surface area contributed by atoms with E-state index in [4.69, 9.17) is 36.2 Å². The molecule has 1 aliphatic rings. The van der Waals surface area contributed by atoms with Crippen LogP contribution in [0.25, 0.3) is 0 Å². The molecular formula is C31H30ClIN7O2-. The number of hydrogen-bond donors (Lipinski definition) is 0. The second kappa shape index (κ2) is 14.3. The van der Waals surface area contributed by atoms with Crippen molar-refractivity contribution in [1.29, 1.82) is 5.26 Å². The monoisotopic (exact) mass is 694 g/mol. The van der Waals surface area contributed by atoms with Gasteiger partial charge in [0.25, 0.3) is 0 Å². The van der Waals surface area contributed by atoms with E-state index in [1.165, 1.54) is 0 Å². The molecule has 42 heavy (non-hydrogen) atoms. The van der Waals surface area contributed by atoms with Crippen molar-refractivity contribution < 1.29 is 30.7 Å². The van der Waals surface area contributed by atoms with E-state index in [9.17, 15) is 5.26 Å². The summed E-state index contributed by atoms with van der Waals surface area (Å²) in [6, 6.07) is 25.3. The van der Waals surface area contributed by atoms with Gasteiger partial charge in [-0.1, -0.05) is 0 Å². The molecule has 0 unspecified atom stereocenters. The summed E-state index contributed by atoms with van der Waals surface area (Å²) in [6.07, 6.45) is 1.51. The van der Waals surface area contributed by atoms with Crippen LogP contribution in [0.4, 0.5) is 11.4 Å². The zero-order valence-corrected chi connectivity index (χ0v) is 26.3. The third kappa shape index (κ3) is 7.09. The summed E-state index contributed by atoms with van der Waals surface area (Å²) in [7, 11) is 1.64. The molecule has 2 heterocycles. The molecule has 0 atom stereocenters. The third-order valence-corrected chi connectivity index (χ3v) is 9.45. The van der Waals surface area contributed by atoms with Gasteiger partial charge in [-0.2, -0.15) is 5.26 Å². The van der Waals surface area contributed by atoms with Crippen molar-refractivity contribution in [3.8, 4) is 17.6 Å². The van der Waals surface area contributed by atoms with E-state index in [0.717, 1.165) is 43.1 Å². The second-order valence-electron chi connectivity index (χ2n) is 9.24. The Balaban J connectivity index is 1.36. The predicted octanol–water partition coefficient (Wildman–Crippen LogP) is 2.79. The molecule has 3 aromatic carbocycles. The van der Waals surface area contributed by atoms with Crippen LogP contribution in [-0.2, 0) is 0 Å². The van der Waals surface area contributed by atoms with Gasteiger partial charge in [-0.15, -0.1) is 0 Å². The molecule has 0 saturated heterocycles. The fourth-order valence-electron chi connectivity index (χ4n) is 4.29. The summed E-state index contributed by atoms with van der Waals surface area (Å²) in [6.45, 7) is 3.85. The van der Waals surface area contributed by atoms with Crippen LogP contribution in [0.1, 0.15) is 31.2 Å². The van der Waals surface area contributed by atoms with Gasteiger partial charge in [-0.3, -0.25) is 0 Å². The van der Waals surface area contributed by atoms with Gasteiger partial charge in [0.15, 0.2) is 0 Å². The molecule has 11 heteroatoms. The molecule has 1 aliphatic heterocycles. The number of ether oxygens (including phenoxy) is 2. The number of alkyl halides is 1. The van der Waals surface area contributed by atoms with Gasteiger partial charge in [0, 0.05) is 0 Å². The van der Waals surface area contributed by atoms with E-state index in [2.05, 4.69) is 23.0 Å². The molecule has 4 aromatic rings. The summed E-state index contributed by atoms with van der Waals surface area (Å²) in [5.74, 6) is 2.18. The van der Waals surface area contributed by atoms with Gasteiger partial charge in [-0.25, -0.2) is 0 Å². The maximum absolute atomic E-state index is 9.22. The number of hydrogen-bond acceptors (Lipinski definition) is 8. The van der Waals surface area contributed by atoms with Crippen LogP contribution in [-0.4, -0.2) is 57.5 Å².